The van der Waals surface area contributed by atoms with E-state index in [1.54, 1.807) is 12.5 Å². The van der Waals surface area contributed by atoms with Crippen molar-refractivity contribution < 1.29 is 0 Å². The molecule has 0 radical (unpaired) electrons. The number of piperazine rings is 1. The molecule has 7 heteroatoms. The zero-order chi connectivity index (χ0) is 15.6. The third kappa shape index (κ3) is 2.63. The van der Waals surface area contributed by atoms with Crippen molar-refractivity contribution in [1.82, 2.24) is 29.5 Å². The Hall–Kier alpha value is -2.54. The molecule has 1 atom stereocenters. The van der Waals surface area contributed by atoms with Gasteiger partial charge in [0.25, 0.3) is 0 Å². The molecular formula is C16H19N7. The van der Waals surface area contributed by atoms with E-state index in [1.165, 1.54) is 5.56 Å². The highest BCUT2D eigenvalue weighted by Gasteiger charge is 2.24. The second-order valence-electron chi connectivity index (χ2n) is 5.80. The maximum atomic E-state index is 4.50. The van der Waals surface area contributed by atoms with Crippen LogP contribution in [0.4, 0.5) is 5.82 Å². The molecule has 3 aromatic rings. The fourth-order valence-electron chi connectivity index (χ4n) is 3.12. The molecular weight excluding hydrogens is 290 g/mol. The monoisotopic (exact) mass is 309 g/mol. The number of rotatable bonds is 3. The second-order valence-corrected chi connectivity index (χ2v) is 5.80. The molecule has 0 aromatic carbocycles. The summed E-state index contributed by atoms with van der Waals surface area (Å²) in [7, 11) is 0. The first-order valence-corrected chi connectivity index (χ1v) is 7.86. The summed E-state index contributed by atoms with van der Waals surface area (Å²) in [5.74, 6) is 0.915. The van der Waals surface area contributed by atoms with E-state index in [0.717, 1.165) is 37.6 Å². The minimum Gasteiger partial charge on any atom is -0.351 e. The van der Waals surface area contributed by atoms with Gasteiger partial charge in [-0.15, -0.1) is 10.2 Å². The number of aromatic nitrogens is 5. The molecule has 1 unspecified atom stereocenters. The summed E-state index contributed by atoms with van der Waals surface area (Å²) in [6, 6.07) is 4.52. The molecule has 7 nitrogen and oxygen atoms in total. The molecule has 0 aliphatic carbocycles. The van der Waals surface area contributed by atoms with Gasteiger partial charge in [0, 0.05) is 57.0 Å². The van der Waals surface area contributed by atoms with E-state index in [2.05, 4.69) is 43.0 Å². The Balaban J connectivity index is 1.48. The lowest BCUT2D eigenvalue weighted by Crippen LogP contribution is -2.47. The summed E-state index contributed by atoms with van der Waals surface area (Å²) in [4.78, 5) is 13.5. The summed E-state index contributed by atoms with van der Waals surface area (Å²) in [5.41, 5.74) is 2.08. The highest BCUT2D eigenvalue weighted by atomic mass is 15.3. The molecule has 4 heterocycles. The maximum Gasteiger partial charge on any atom is 0.203 e. The van der Waals surface area contributed by atoms with Crippen LogP contribution in [0.3, 0.4) is 0 Å². The fraction of sp³-hybridized carbons (Fsp3) is 0.375. The molecule has 0 amide bonds. The lowest BCUT2D eigenvalue weighted by molar-refractivity contribution is 0.198. The number of pyridine rings is 1. The van der Waals surface area contributed by atoms with E-state index >= 15 is 0 Å². The van der Waals surface area contributed by atoms with E-state index in [0.29, 0.717) is 6.04 Å². The van der Waals surface area contributed by atoms with Gasteiger partial charge < -0.3 is 4.90 Å². The Morgan fingerprint density at radius 3 is 2.78 bits per heavy atom. The van der Waals surface area contributed by atoms with E-state index in [9.17, 15) is 0 Å². The van der Waals surface area contributed by atoms with Crippen LogP contribution in [0.25, 0.3) is 5.65 Å². The Kier molecular flexibility index (Phi) is 3.63. The number of hydrogen-bond acceptors (Lipinski definition) is 6. The molecule has 0 spiro atoms. The van der Waals surface area contributed by atoms with Gasteiger partial charge in [-0.25, -0.2) is 4.98 Å². The molecule has 1 aliphatic heterocycles. The summed E-state index contributed by atoms with van der Waals surface area (Å²) in [5, 5.41) is 8.15. The van der Waals surface area contributed by atoms with Crippen molar-refractivity contribution in [2.24, 2.45) is 0 Å². The topological polar surface area (TPSA) is 62.5 Å². The number of hydrogen-bond donors (Lipinski definition) is 0. The molecule has 0 saturated carbocycles. The first-order valence-electron chi connectivity index (χ1n) is 7.86. The van der Waals surface area contributed by atoms with Crippen molar-refractivity contribution in [2.45, 2.75) is 13.0 Å². The van der Waals surface area contributed by atoms with Crippen LogP contribution in [0.15, 0.2) is 43.2 Å². The van der Waals surface area contributed by atoms with Gasteiger partial charge in [-0.2, -0.15) is 0 Å². The zero-order valence-corrected chi connectivity index (χ0v) is 13.1. The third-order valence-electron chi connectivity index (χ3n) is 4.53. The van der Waals surface area contributed by atoms with Crippen LogP contribution in [-0.4, -0.2) is 55.6 Å². The van der Waals surface area contributed by atoms with Gasteiger partial charge in [0.2, 0.25) is 5.65 Å². The Bertz CT molecular complexity index is 777. The van der Waals surface area contributed by atoms with Crippen molar-refractivity contribution in [1.29, 1.82) is 0 Å². The average Bonchev–Trinajstić information content (AvgIpc) is 3.11. The van der Waals surface area contributed by atoms with E-state index in [1.807, 2.05) is 29.1 Å². The molecule has 3 aromatic heterocycles. The van der Waals surface area contributed by atoms with Gasteiger partial charge in [0.15, 0.2) is 5.82 Å². The fourth-order valence-corrected chi connectivity index (χ4v) is 3.12. The van der Waals surface area contributed by atoms with Crippen LogP contribution >= 0.6 is 0 Å². The maximum absolute atomic E-state index is 4.50. The van der Waals surface area contributed by atoms with Crippen LogP contribution < -0.4 is 4.90 Å². The predicted octanol–water partition coefficient (Wildman–Crippen LogP) is 1.40. The van der Waals surface area contributed by atoms with E-state index in [-0.39, 0.29) is 0 Å². The number of nitrogens with zero attached hydrogens (tertiary/aromatic N) is 7. The van der Waals surface area contributed by atoms with Crippen LogP contribution in [0, 0.1) is 0 Å². The van der Waals surface area contributed by atoms with E-state index < -0.39 is 0 Å². The first-order chi connectivity index (χ1) is 11.3. The Labute approximate surface area is 134 Å². The molecule has 1 fully saturated rings. The van der Waals surface area contributed by atoms with Gasteiger partial charge in [0.05, 0.1) is 0 Å². The highest BCUT2D eigenvalue weighted by molar-refractivity contribution is 5.63. The molecule has 23 heavy (non-hydrogen) atoms. The van der Waals surface area contributed by atoms with Gasteiger partial charge in [-0.05, 0) is 18.6 Å². The second kappa shape index (κ2) is 5.92. The third-order valence-corrected chi connectivity index (χ3v) is 4.53. The van der Waals surface area contributed by atoms with Crippen molar-refractivity contribution in [3.63, 3.8) is 0 Å². The molecule has 1 saturated heterocycles. The lowest BCUT2D eigenvalue weighted by atomic mass is 10.1. The minimum absolute atomic E-state index is 0.377. The van der Waals surface area contributed by atoms with Gasteiger partial charge in [0.1, 0.15) is 6.33 Å². The Morgan fingerprint density at radius 2 is 2.00 bits per heavy atom. The zero-order valence-electron chi connectivity index (χ0n) is 13.1. The summed E-state index contributed by atoms with van der Waals surface area (Å²) < 4.78 is 1.91. The van der Waals surface area contributed by atoms with Crippen molar-refractivity contribution in [3.05, 3.63) is 48.8 Å². The van der Waals surface area contributed by atoms with Crippen molar-refractivity contribution in [3.8, 4) is 0 Å². The predicted molar refractivity (Wildman–Crippen MR) is 87.2 cm³/mol. The SMILES string of the molecule is CC(c1cccnc1)N1CCN(c2nccn3cnnc23)CC1. The van der Waals surface area contributed by atoms with Crippen LogP contribution in [0.1, 0.15) is 18.5 Å². The summed E-state index contributed by atoms with van der Waals surface area (Å²) in [6.07, 6.45) is 9.16. The van der Waals surface area contributed by atoms with Crippen LogP contribution in [-0.2, 0) is 0 Å². The highest BCUT2D eigenvalue weighted by Crippen LogP contribution is 2.23. The lowest BCUT2D eigenvalue weighted by Gasteiger charge is -2.38. The largest absolute Gasteiger partial charge is 0.351 e. The average molecular weight is 309 g/mol. The molecule has 4 rings (SSSR count). The molecule has 1 aliphatic rings. The standard InChI is InChI=1S/C16H19N7/c1-13(14-3-2-4-17-11-14)21-7-9-22(10-8-21)15-16-20-19-12-23(16)6-5-18-15/h2-6,11-13H,7-10H2,1H3. The quantitative estimate of drug-likeness (QED) is 0.729. The van der Waals surface area contributed by atoms with Gasteiger partial charge in [-0.1, -0.05) is 6.07 Å². The Morgan fingerprint density at radius 1 is 1.13 bits per heavy atom. The van der Waals surface area contributed by atoms with Gasteiger partial charge >= 0.3 is 0 Å². The van der Waals surface area contributed by atoms with Crippen molar-refractivity contribution >= 4 is 11.5 Å². The number of fused-ring (bicyclic) bond motifs is 1. The summed E-state index contributed by atoms with van der Waals surface area (Å²) >= 11 is 0. The van der Waals surface area contributed by atoms with Crippen LogP contribution in [0.5, 0.6) is 0 Å². The molecule has 0 bridgehead atoms. The summed E-state index contributed by atoms with van der Waals surface area (Å²) in [6.45, 7) is 6.10. The first kappa shape index (κ1) is 14.1. The van der Waals surface area contributed by atoms with E-state index in [4.69, 9.17) is 0 Å². The van der Waals surface area contributed by atoms with Crippen LogP contribution in [0.2, 0.25) is 0 Å². The molecule has 118 valence electrons. The minimum atomic E-state index is 0.377. The smallest absolute Gasteiger partial charge is 0.203 e. The molecule has 0 N–H and O–H groups in total. The van der Waals surface area contributed by atoms with Crippen molar-refractivity contribution in [2.75, 3.05) is 31.1 Å². The normalized spacial score (nSPS) is 17.5. The van der Waals surface area contributed by atoms with Gasteiger partial charge in [-0.3, -0.25) is 14.3 Å². The number of anilines is 1.